The summed E-state index contributed by atoms with van der Waals surface area (Å²) >= 11 is 0. The number of nitrogens with one attached hydrogen (secondary N) is 1. The first kappa shape index (κ1) is 15.3. The zero-order chi connectivity index (χ0) is 13.7. The van der Waals surface area contributed by atoms with Gasteiger partial charge >= 0.3 is 0 Å². The van der Waals surface area contributed by atoms with Crippen LogP contribution in [0.3, 0.4) is 0 Å². The zero-order valence-electron chi connectivity index (χ0n) is 12.8. The van der Waals surface area contributed by atoms with Crippen LogP contribution in [0.5, 0.6) is 0 Å². The van der Waals surface area contributed by atoms with Crippen molar-refractivity contribution in [2.45, 2.75) is 77.0 Å². The number of piperidine rings is 1. The minimum Gasteiger partial charge on any atom is -0.393 e. The molecule has 2 fully saturated rings. The van der Waals surface area contributed by atoms with E-state index >= 15 is 0 Å². The van der Waals surface area contributed by atoms with Crippen LogP contribution in [0.15, 0.2) is 0 Å². The fourth-order valence-electron chi connectivity index (χ4n) is 3.74. The summed E-state index contributed by atoms with van der Waals surface area (Å²) in [6.07, 6.45) is 8.22. The molecule has 1 aliphatic heterocycles. The molecule has 3 heteroatoms. The van der Waals surface area contributed by atoms with Gasteiger partial charge in [0.2, 0.25) is 0 Å². The Morgan fingerprint density at radius 1 is 1.11 bits per heavy atom. The van der Waals surface area contributed by atoms with Crippen molar-refractivity contribution in [3.05, 3.63) is 0 Å². The molecule has 1 atom stereocenters. The van der Waals surface area contributed by atoms with E-state index in [-0.39, 0.29) is 6.10 Å². The van der Waals surface area contributed by atoms with E-state index < -0.39 is 0 Å². The molecule has 0 radical (unpaired) electrons. The molecule has 0 aromatic rings. The van der Waals surface area contributed by atoms with Crippen molar-refractivity contribution in [1.82, 2.24) is 10.2 Å². The first-order chi connectivity index (χ1) is 9.19. The van der Waals surface area contributed by atoms with Crippen molar-refractivity contribution < 1.29 is 5.11 Å². The summed E-state index contributed by atoms with van der Waals surface area (Å²) in [5, 5.41) is 13.4. The van der Waals surface area contributed by atoms with Crippen molar-refractivity contribution in [1.29, 1.82) is 0 Å². The van der Waals surface area contributed by atoms with Gasteiger partial charge in [0.1, 0.15) is 0 Å². The predicted molar refractivity (Wildman–Crippen MR) is 80.3 cm³/mol. The Labute approximate surface area is 118 Å². The summed E-state index contributed by atoms with van der Waals surface area (Å²) in [5.74, 6) is 0.847. The molecule has 0 bridgehead atoms. The molecule has 1 saturated carbocycles. The SMILES string of the molecule is CCCN1CCC(C(C)NC2CCC(O)CC2)CC1. The number of likely N-dealkylation sites (tertiary alicyclic amines) is 1. The summed E-state index contributed by atoms with van der Waals surface area (Å²) in [6, 6.07) is 1.29. The fraction of sp³-hybridized carbons (Fsp3) is 1.00. The highest BCUT2D eigenvalue weighted by Crippen LogP contribution is 2.24. The zero-order valence-corrected chi connectivity index (χ0v) is 12.8. The van der Waals surface area contributed by atoms with E-state index in [9.17, 15) is 5.11 Å². The molecule has 1 saturated heterocycles. The van der Waals surface area contributed by atoms with Crippen molar-refractivity contribution >= 4 is 0 Å². The van der Waals surface area contributed by atoms with Gasteiger partial charge in [-0.25, -0.2) is 0 Å². The number of hydrogen-bond acceptors (Lipinski definition) is 3. The van der Waals surface area contributed by atoms with Crippen molar-refractivity contribution in [2.75, 3.05) is 19.6 Å². The van der Waals surface area contributed by atoms with E-state index in [1.807, 2.05) is 0 Å². The van der Waals surface area contributed by atoms with Gasteiger partial charge in [0, 0.05) is 12.1 Å². The van der Waals surface area contributed by atoms with E-state index in [0.29, 0.717) is 12.1 Å². The molecule has 1 unspecified atom stereocenters. The van der Waals surface area contributed by atoms with Crippen molar-refractivity contribution in [2.24, 2.45) is 5.92 Å². The van der Waals surface area contributed by atoms with Gasteiger partial charge in [0.15, 0.2) is 0 Å². The summed E-state index contributed by atoms with van der Waals surface area (Å²) in [7, 11) is 0. The summed E-state index contributed by atoms with van der Waals surface area (Å²) in [5.41, 5.74) is 0. The monoisotopic (exact) mass is 268 g/mol. The number of hydrogen-bond donors (Lipinski definition) is 2. The Bertz CT molecular complexity index is 243. The molecule has 0 aromatic carbocycles. The quantitative estimate of drug-likeness (QED) is 0.803. The molecule has 2 rings (SSSR count). The van der Waals surface area contributed by atoms with E-state index in [4.69, 9.17) is 0 Å². The van der Waals surface area contributed by atoms with Gasteiger partial charge in [-0.05, 0) is 77.4 Å². The van der Waals surface area contributed by atoms with Gasteiger partial charge in [-0.2, -0.15) is 0 Å². The van der Waals surface area contributed by atoms with Crippen LogP contribution >= 0.6 is 0 Å². The maximum absolute atomic E-state index is 9.56. The van der Waals surface area contributed by atoms with E-state index in [0.717, 1.165) is 31.6 Å². The Kier molecular flexibility index (Phi) is 6.11. The second-order valence-electron chi connectivity index (χ2n) is 6.64. The summed E-state index contributed by atoms with van der Waals surface area (Å²) in [4.78, 5) is 2.61. The third-order valence-corrected chi connectivity index (χ3v) is 5.07. The molecule has 2 aliphatic rings. The van der Waals surface area contributed by atoms with Crippen LogP contribution < -0.4 is 5.32 Å². The lowest BCUT2D eigenvalue weighted by molar-refractivity contribution is 0.106. The van der Waals surface area contributed by atoms with Crippen molar-refractivity contribution in [3.63, 3.8) is 0 Å². The van der Waals surface area contributed by atoms with E-state index in [2.05, 4.69) is 24.1 Å². The normalized spacial score (nSPS) is 32.4. The van der Waals surface area contributed by atoms with E-state index in [1.54, 1.807) is 0 Å². The molecule has 1 heterocycles. The van der Waals surface area contributed by atoms with Crippen LogP contribution in [-0.2, 0) is 0 Å². The Hall–Kier alpha value is -0.120. The lowest BCUT2D eigenvalue weighted by Crippen LogP contribution is -2.46. The Morgan fingerprint density at radius 3 is 2.32 bits per heavy atom. The molecule has 0 amide bonds. The fourth-order valence-corrected chi connectivity index (χ4v) is 3.74. The van der Waals surface area contributed by atoms with Crippen LogP contribution in [0, 0.1) is 5.92 Å². The van der Waals surface area contributed by atoms with Gasteiger partial charge < -0.3 is 15.3 Å². The maximum atomic E-state index is 9.56. The van der Waals surface area contributed by atoms with Crippen LogP contribution in [-0.4, -0.2) is 47.8 Å². The number of aliphatic hydroxyl groups excluding tert-OH is 1. The molecule has 0 aromatic heterocycles. The van der Waals surface area contributed by atoms with Crippen LogP contribution in [0.25, 0.3) is 0 Å². The molecular weight excluding hydrogens is 236 g/mol. The molecule has 2 N–H and O–H groups in total. The average molecular weight is 268 g/mol. The highest BCUT2D eigenvalue weighted by atomic mass is 16.3. The van der Waals surface area contributed by atoms with E-state index in [1.165, 1.54) is 38.9 Å². The van der Waals surface area contributed by atoms with Gasteiger partial charge in [0.25, 0.3) is 0 Å². The highest BCUT2D eigenvalue weighted by molar-refractivity contribution is 4.84. The first-order valence-corrected chi connectivity index (χ1v) is 8.35. The topological polar surface area (TPSA) is 35.5 Å². The highest BCUT2D eigenvalue weighted by Gasteiger charge is 2.26. The molecule has 3 nitrogen and oxygen atoms in total. The van der Waals surface area contributed by atoms with Gasteiger partial charge in [-0.1, -0.05) is 6.92 Å². The minimum absolute atomic E-state index is 0.0364. The Balaban J connectivity index is 1.68. The number of nitrogens with zero attached hydrogens (tertiary/aromatic N) is 1. The van der Waals surface area contributed by atoms with Gasteiger partial charge in [-0.15, -0.1) is 0 Å². The number of aliphatic hydroxyl groups is 1. The summed E-state index contributed by atoms with van der Waals surface area (Å²) < 4.78 is 0. The van der Waals surface area contributed by atoms with Gasteiger partial charge in [-0.3, -0.25) is 0 Å². The van der Waals surface area contributed by atoms with Gasteiger partial charge in [0.05, 0.1) is 6.10 Å². The molecule has 19 heavy (non-hydrogen) atoms. The van der Waals surface area contributed by atoms with Crippen LogP contribution in [0.2, 0.25) is 0 Å². The summed E-state index contributed by atoms with van der Waals surface area (Å²) in [6.45, 7) is 8.48. The lowest BCUT2D eigenvalue weighted by Gasteiger charge is -2.37. The second-order valence-corrected chi connectivity index (χ2v) is 6.64. The largest absolute Gasteiger partial charge is 0.393 e. The molecule has 1 aliphatic carbocycles. The molecule has 112 valence electrons. The third kappa shape index (κ3) is 4.73. The number of rotatable bonds is 5. The maximum Gasteiger partial charge on any atom is 0.0541 e. The average Bonchev–Trinajstić information content (AvgIpc) is 2.42. The second kappa shape index (κ2) is 7.61. The van der Waals surface area contributed by atoms with Crippen LogP contribution in [0.4, 0.5) is 0 Å². The van der Waals surface area contributed by atoms with Crippen molar-refractivity contribution in [3.8, 4) is 0 Å². The third-order valence-electron chi connectivity index (χ3n) is 5.07. The lowest BCUT2D eigenvalue weighted by atomic mass is 9.87. The molecular formula is C16H32N2O. The minimum atomic E-state index is -0.0364. The molecule has 0 spiro atoms. The Morgan fingerprint density at radius 2 is 1.74 bits per heavy atom. The smallest absolute Gasteiger partial charge is 0.0541 e. The predicted octanol–water partition coefficient (Wildman–Crippen LogP) is 2.39. The standard InChI is InChI=1S/C16H32N2O/c1-3-10-18-11-8-14(9-12-18)13(2)17-15-4-6-16(19)7-5-15/h13-17,19H,3-12H2,1-2H3. The first-order valence-electron chi connectivity index (χ1n) is 8.35. The van der Waals surface area contributed by atoms with Crippen LogP contribution in [0.1, 0.15) is 58.8 Å².